The largest absolute Gasteiger partial charge is 0.479 e. The molecule has 2 N–H and O–H groups in total. The van der Waals surface area contributed by atoms with Crippen molar-refractivity contribution in [3.05, 3.63) is 41.7 Å². The first-order valence-corrected chi connectivity index (χ1v) is 9.36. The summed E-state index contributed by atoms with van der Waals surface area (Å²) >= 11 is 0. The van der Waals surface area contributed by atoms with Crippen LogP contribution in [0.25, 0.3) is 0 Å². The Morgan fingerprint density at radius 3 is 2.69 bits per heavy atom. The molecule has 0 radical (unpaired) electrons. The number of hydrogen-bond acceptors (Lipinski definition) is 6. The Balaban J connectivity index is 1.56. The summed E-state index contributed by atoms with van der Waals surface area (Å²) in [5.74, 6) is -1.39. The van der Waals surface area contributed by atoms with Gasteiger partial charge in [0.15, 0.2) is 5.69 Å². The number of rotatable bonds is 5. The Morgan fingerprint density at radius 1 is 1.28 bits per heavy atom. The molecule has 1 aromatic carbocycles. The molecule has 2 aliphatic rings. The second-order valence-electron chi connectivity index (χ2n) is 7.91. The van der Waals surface area contributed by atoms with Gasteiger partial charge in [-0.05, 0) is 18.6 Å². The van der Waals surface area contributed by atoms with Gasteiger partial charge in [0, 0.05) is 35.7 Å². The molecule has 1 amide bonds. The highest BCUT2D eigenvalue weighted by atomic mass is 19.1. The number of nitrogens with zero attached hydrogens (tertiary/aromatic N) is 2. The molecule has 1 saturated heterocycles. The lowest BCUT2D eigenvalue weighted by atomic mass is 9.57. The van der Waals surface area contributed by atoms with Crippen LogP contribution in [0.4, 0.5) is 20.3 Å². The number of methoxy groups -OCH3 is 1. The SMILES string of the molecule is COc1ncc(Nc2cc(F)cc(F)c2)nc1C(=O)NC1C2CCOC2C1(C)C. The summed E-state index contributed by atoms with van der Waals surface area (Å²) < 4.78 is 37.8. The van der Waals surface area contributed by atoms with Crippen molar-refractivity contribution in [2.45, 2.75) is 32.4 Å². The van der Waals surface area contributed by atoms with Crippen molar-refractivity contribution in [1.29, 1.82) is 0 Å². The number of hydrogen-bond donors (Lipinski definition) is 2. The first-order chi connectivity index (χ1) is 13.8. The second kappa shape index (κ2) is 7.22. The number of halogens is 2. The average molecular weight is 404 g/mol. The monoisotopic (exact) mass is 404 g/mol. The third kappa shape index (κ3) is 3.50. The zero-order valence-electron chi connectivity index (χ0n) is 16.3. The number of benzene rings is 1. The van der Waals surface area contributed by atoms with E-state index in [0.29, 0.717) is 6.61 Å². The van der Waals surface area contributed by atoms with E-state index in [1.165, 1.54) is 13.3 Å². The normalized spacial score (nSPS) is 24.4. The van der Waals surface area contributed by atoms with Gasteiger partial charge in [-0.1, -0.05) is 13.8 Å². The summed E-state index contributed by atoms with van der Waals surface area (Å²) in [6.07, 6.45) is 2.36. The number of amides is 1. The smallest absolute Gasteiger partial charge is 0.275 e. The molecule has 7 nitrogen and oxygen atoms in total. The van der Waals surface area contributed by atoms with Crippen molar-refractivity contribution in [3.8, 4) is 5.88 Å². The van der Waals surface area contributed by atoms with Crippen molar-refractivity contribution < 1.29 is 23.0 Å². The topological polar surface area (TPSA) is 85.4 Å². The standard InChI is InChI=1S/C20H22F2N4O3/c1-20(2)16(13-4-5-29-17(13)20)26-18(27)15-19(28-3)23-9-14(25-15)24-12-7-10(21)6-11(22)8-12/h6-9,13,16-17H,4-5H2,1-3H3,(H,24,25)(H,26,27). The number of carbonyl (C=O) groups excluding carboxylic acids is 1. The van der Waals surface area contributed by atoms with Crippen LogP contribution in [-0.2, 0) is 4.74 Å². The molecule has 1 aromatic heterocycles. The van der Waals surface area contributed by atoms with Gasteiger partial charge in [0.05, 0.1) is 19.4 Å². The Kier molecular flexibility index (Phi) is 4.85. The Bertz CT molecular complexity index is 933. The maximum atomic E-state index is 13.4. The highest BCUT2D eigenvalue weighted by Crippen LogP contribution is 2.52. The molecule has 29 heavy (non-hydrogen) atoms. The molecule has 154 valence electrons. The zero-order valence-corrected chi connectivity index (χ0v) is 16.3. The van der Waals surface area contributed by atoms with Crippen LogP contribution in [0.2, 0.25) is 0 Å². The van der Waals surface area contributed by atoms with Crippen LogP contribution >= 0.6 is 0 Å². The van der Waals surface area contributed by atoms with E-state index in [1.54, 1.807) is 0 Å². The highest BCUT2D eigenvalue weighted by molar-refractivity contribution is 5.95. The van der Waals surface area contributed by atoms with Crippen molar-refractivity contribution in [3.63, 3.8) is 0 Å². The minimum absolute atomic E-state index is 0.00691. The van der Waals surface area contributed by atoms with E-state index >= 15 is 0 Å². The van der Waals surface area contributed by atoms with Gasteiger partial charge < -0.3 is 20.1 Å². The van der Waals surface area contributed by atoms with E-state index in [0.717, 1.165) is 24.6 Å². The predicted molar refractivity (Wildman–Crippen MR) is 101 cm³/mol. The number of ether oxygens (including phenoxy) is 2. The minimum atomic E-state index is -0.729. The van der Waals surface area contributed by atoms with Crippen LogP contribution in [0, 0.1) is 23.0 Å². The predicted octanol–water partition coefficient (Wildman–Crippen LogP) is 3.05. The van der Waals surface area contributed by atoms with Gasteiger partial charge in [-0.15, -0.1) is 0 Å². The number of anilines is 2. The van der Waals surface area contributed by atoms with E-state index in [9.17, 15) is 13.6 Å². The molecular weight excluding hydrogens is 382 g/mol. The van der Waals surface area contributed by atoms with Crippen molar-refractivity contribution in [2.24, 2.45) is 11.3 Å². The molecule has 2 heterocycles. The summed E-state index contributed by atoms with van der Waals surface area (Å²) in [6.45, 7) is 4.81. The fourth-order valence-electron chi connectivity index (χ4n) is 4.34. The van der Waals surface area contributed by atoms with E-state index < -0.39 is 17.5 Å². The zero-order chi connectivity index (χ0) is 20.8. The van der Waals surface area contributed by atoms with E-state index in [4.69, 9.17) is 9.47 Å². The van der Waals surface area contributed by atoms with Crippen LogP contribution in [0.1, 0.15) is 30.8 Å². The third-order valence-corrected chi connectivity index (χ3v) is 5.67. The van der Waals surface area contributed by atoms with Crippen LogP contribution in [0.5, 0.6) is 5.88 Å². The van der Waals surface area contributed by atoms with Gasteiger partial charge in [-0.25, -0.2) is 18.7 Å². The van der Waals surface area contributed by atoms with Gasteiger partial charge in [-0.3, -0.25) is 4.79 Å². The van der Waals surface area contributed by atoms with E-state index in [1.807, 2.05) is 0 Å². The van der Waals surface area contributed by atoms with Crippen molar-refractivity contribution >= 4 is 17.4 Å². The Labute approximate surface area is 166 Å². The molecule has 3 unspecified atom stereocenters. The summed E-state index contributed by atoms with van der Waals surface area (Å²) in [5, 5.41) is 5.79. The van der Waals surface area contributed by atoms with Crippen LogP contribution < -0.4 is 15.4 Å². The number of carbonyl (C=O) groups is 1. The molecule has 0 bridgehead atoms. The summed E-state index contributed by atoms with van der Waals surface area (Å²) in [4.78, 5) is 21.3. The van der Waals surface area contributed by atoms with Crippen molar-refractivity contribution in [1.82, 2.24) is 15.3 Å². The highest BCUT2D eigenvalue weighted by Gasteiger charge is 2.59. The molecule has 1 aliphatic heterocycles. The summed E-state index contributed by atoms with van der Waals surface area (Å²) in [5.41, 5.74) is -0.0427. The van der Waals surface area contributed by atoms with E-state index in [-0.39, 0.29) is 46.6 Å². The lowest BCUT2D eigenvalue weighted by Gasteiger charge is -2.54. The van der Waals surface area contributed by atoms with Crippen LogP contribution in [0.3, 0.4) is 0 Å². The lowest BCUT2D eigenvalue weighted by Crippen LogP contribution is -2.66. The molecule has 2 aromatic rings. The molecule has 9 heteroatoms. The third-order valence-electron chi connectivity index (χ3n) is 5.67. The number of nitrogens with one attached hydrogen (secondary N) is 2. The second-order valence-corrected chi connectivity index (χ2v) is 7.91. The number of aromatic nitrogens is 2. The summed E-state index contributed by atoms with van der Waals surface area (Å²) in [6, 6.07) is 2.95. The number of fused-ring (bicyclic) bond motifs is 1. The van der Waals surface area contributed by atoms with Gasteiger partial charge in [0.25, 0.3) is 5.91 Å². The Morgan fingerprint density at radius 2 is 2.00 bits per heavy atom. The van der Waals surface area contributed by atoms with E-state index in [2.05, 4.69) is 34.4 Å². The maximum absolute atomic E-state index is 13.4. The fourth-order valence-corrected chi connectivity index (χ4v) is 4.34. The molecule has 4 rings (SSSR count). The Hall–Kier alpha value is -2.81. The summed E-state index contributed by atoms with van der Waals surface area (Å²) in [7, 11) is 1.39. The first-order valence-electron chi connectivity index (χ1n) is 9.36. The first kappa shape index (κ1) is 19.5. The van der Waals surface area contributed by atoms with Gasteiger partial charge >= 0.3 is 0 Å². The van der Waals surface area contributed by atoms with Gasteiger partial charge in [0.2, 0.25) is 5.88 Å². The molecule has 1 saturated carbocycles. The fraction of sp³-hybridized carbons (Fsp3) is 0.450. The molecule has 1 aliphatic carbocycles. The molecule has 3 atom stereocenters. The van der Waals surface area contributed by atoms with Gasteiger partial charge in [-0.2, -0.15) is 0 Å². The quantitative estimate of drug-likeness (QED) is 0.797. The molecule has 2 fully saturated rings. The van der Waals surface area contributed by atoms with Crippen LogP contribution in [-0.4, -0.2) is 41.7 Å². The van der Waals surface area contributed by atoms with Crippen LogP contribution in [0.15, 0.2) is 24.4 Å². The molecule has 0 spiro atoms. The maximum Gasteiger partial charge on any atom is 0.275 e. The average Bonchev–Trinajstić information content (AvgIpc) is 3.12. The van der Waals surface area contributed by atoms with Gasteiger partial charge in [0.1, 0.15) is 17.5 Å². The minimum Gasteiger partial charge on any atom is -0.479 e. The van der Waals surface area contributed by atoms with Crippen molar-refractivity contribution in [2.75, 3.05) is 19.0 Å². The molecular formula is C20H22F2N4O3. The lowest BCUT2D eigenvalue weighted by molar-refractivity contribution is -0.108.